The number of aromatic nitrogens is 3. The highest BCUT2D eigenvalue weighted by molar-refractivity contribution is 5.88. The molecule has 3 aromatic rings. The molecule has 0 atom stereocenters. The maximum Gasteiger partial charge on any atom is 0.224 e. The molecule has 1 aliphatic heterocycles. The number of nitrogens with zero attached hydrogens (tertiary/aromatic N) is 3. The van der Waals surface area contributed by atoms with Crippen molar-refractivity contribution in [2.75, 3.05) is 49.6 Å². The zero-order chi connectivity index (χ0) is 19.2. The molecule has 4 rings (SSSR count). The predicted molar refractivity (Wildman–Crippen MR) is 109 cm³/mol. The first-order valence-electron chi connectivity index (χ1n) is 9.50. The summed E-state index contributed by atoms with van der Waals surface area (Å²) in [5.41, 5.74) is 3.08. The van der Waals surface area contributed by atoms with E-state index < -0.39 is 0 Å². The normalized spacial score (nSPS) is 14.2. The van der Waals surface area contributed by atoms with Gasteiger partial charge in [0.1, 0.15) is 0 Å². The van der Waals surface area contributed by atoms with E-state index in [4.69, 9.17) is 4.74 Å². The Morgan fingerprint density at radius 3 is 2.96 bits per heavy atom. The summed E-state index contributed by atoms with van der Waals surface area (Å²) >= 11 is 0. The number of fused-ring (bicyclic) bond motifs is 1. The Balaban J connectivity index is 1.24. The number of morpholine rings is 1. The van der Waals surface area contributed by atoms with Crippen LogP contribution in [-0.4, -0.2) is 60.5 Å². The number of rotatable bonds is 7. The number of benzene rings is 1. The molecule has 2 aromatic heterocycles. The van der Waals surface area contributed by atoms with Crippen LogP contribution in [0.4, 0.5) is 11.5 Å². The van der Waals surface area contributed by atoms with Crippen LogP contribution in [0.25, 0.3) is 10.9 Å². The molecule has 3 heterocycles. The summed E-state index contributed by atoms with van der Waals surface area (Å²) in [7, 11) is 0. The minimum Gasteiger partial charge on any atom is -0.378 e. The van der Waals surface area contributed by atoms with E-state index in [9.17, 15) is 4.79 Å². The van der Waals surface area contributed by atoms with Gasteiger partial charge in [-0.15, -0.1) is 5.10 Å². The van der Waals surface area contributed by atoms with Gasteiger partial charge in [0.25, 0.3) is 0 Å². The first kappa shape index (κ1) is 18.2. The van der Waals surface area contributed by atoms with Crippen LogP contribution in [0, 0.1) is 0 Å². The molecular weight excluding hydrogens is 356 g/mol. The molecule has 0 saturated carbocycles. The Labute approximate surface area is 163 Å². The lowest BCUT2D eigenvalue weighted by Gasteiger charge is -2.28. The van der Waals surface area contributed by atoms with Crippen LogP contribution in [0.15, 0.2) is 42.7 Å². The van der Waals surface area contributed by atoms with Crippen molar-refractivity contribution in [2.24, 2.45) is 0 Å². The van der Waals surface area contributed by atoms with Crippen LogP contribution in [-0.2, 0) is 16.0 Å². The van der Waals surface area contributed by atoms with Gasteiger partial charge in [-0.3, -0.25) is 4.79 Å². The van der Waals surface area contributed by atoms with Gasteiger partial charge < -0.3 is 25.3 Å². The summed E-state index contributed by atoms with van der Waals surface area (Å²) in [5.74, 6) is 0.703. The Hall–Kier alpha value is -3.13. The standard InChI is InChI=1S/C20H24N6O2/c27-20(11-15-13-23-18-4-2-1-3-17(15)18)22-6-5-21-19-12-16(14-24-25-19)26-7-9-28-10-8-26/h1-4,12-14,23H,5-11H2,(H,21,25)(H,22,27). The molecule has 0 spiro atoms. The molecule has 28 heavy (non-hydrogen) atoms. The van der Waals surface area contributed by atoms with Crippen LogP contribution in [0.3, 0.4) is 0 Å². The summed E-state index contributed by atoms with van der Waals surface area (Å²) in [6, 6.07) is 9.97. The van der Waals surface area contributed by atoms with Gasteiger partial charge in [-0.05, 0) is 11.6 Å². The molecule has 0 aliphatic carbocycles. The zero-order valence-corrected chi connectivity index (χ0v) is 15.6. The third kappa shape index (κ3) is 4.40. The number of H-pyrrole nitrogens is 1. The van der Waals surface area contributed by atoms with Crippen molar-refractivity contribution < 1.29 is 9.53 Å². The van der Waals surface area contributed by atoms with Crippen molar-refractivity contribution in [3.05, 3.63) is 48.3 Å². The number of amides is 1. The van der Waals surface area contributed by atoms with Gasteiger partial charge in [-0.1, -0.05) is 18.2 Å². The second kappa shape index (κ2) is 8.71. The summed E-state index contributed by atoms with van der Waals surface area (Å²) in [6.45, 7) is 4.27. The van der Waals surface area contributed by atoms with Crippen LogP contribution < -0.4 is 15.5 Å². The van der Waals surface area contributed by atoms with Gasteiger partial charge in [0.05, 0.1) is 31.5 Å². The summed E-state index contributed by atoms with van der Waals surface area (Å²) in [4.78, 5) is 17.7. The number of hydrogen-bond acceptors (Lipinski definition) is 6. The van der Waals surface area contributed by atoms with E-state index in [2.05, 4.69) is 30.7 Å². The van der Waals surface area contributed by atoms with E-state index in [1.165, 1.54) is 0 Å². The molecule has 8 heteroatoms. The largest absolute Gasteiger partial charge is 0.378 e. The second-order valence-corrected chi connectivity index (χ2v) is 6.71. The molecule has 1 aromatic carbocycles. The van der Waals surface area contributed by atoms with E-state index in [1.54, 1.807) is 6.20 Å². The molecule has 8 nitrogen and oxygen atoms in total. The first-order chi connectivity index (χ1) is 13.8. The number of carbonyl (C=O) groups excluding carboxylic acids is 1. The maximum absolute atomic E-state index is 12.2. The van der Waals surface area contributed by atoms with E-state index >= 15 is 0 Å². The number of nitrogens with one attached hydrogen (secondary N) is 3. The topological polar surface area (TPSA) is 95.2 Å². The van der Waals surface area contributed by atoms with Crippen LogP contribution in [0.2, 0.25) is 0 Å². The molecule has 146 valence electrons. The summed E-state index contributed by atoms with van der Waals surface area (Å²) in [5, 5.41) is 15.4. The molecule has 1 aliphatic rings. The van der Waals surface area contributed by atoms with Crippen molar-refractivity contribution in [1.82, 2.24) is 20.5 Å². The lowest BCUT2D eigenvalue weighted by molar-refractivity contribution is -0.120. The average molecular weight is 380 g/mol. The van der Waals surface area contributed by atoms with Crippen molar-refractivity contribution >= 4 is 28.3 Å². The van der Waals surface area contributed by atoms with Crippen molar-refractivity contribution in [3.8, 4) is 0 Å². The van der Waals surface area contributed by atoms with Gasteiger partial charge in [0, 0.05) is 49.3 Å². The lowest BCUT2D eigenvalue weighted by atomic mass is 10.1. The highest BCUT2D eigenvalue weighted by Crippen LogP contribution is 2.18. The van der Waals surface area contributed by atoms with Gasteiger partial charge >= 0.3 is 0 Å². The highest BCUT2D eigenvalue weighted by Gasteiger charge is 2.12. The third-order valence-corrected chi connectivity index (χ3v) is 4.80. The Bertz CT molecular complexity index is 935. The molecule has 0 unspecified atom stereocenters. The quantitative estimate of drug-likeness (QED) is 0.539. The van der Waals surface area contributed by atoms with E-state index in [1.807, 2.05) is 36.5 Å². The Kier molecular flexibility index (Phi) is 5.67. The van der Waals surface area contributed by atoms with Gasteiger partial charge in [0.2, 0.25) is 5.91 Å². The van der Waals surface area contributed by atoms with Gasteiger partial charge in [0.15, 0.2) is 5.82 Å². The monoisotopic (exact) mass is 380 g/mol. The fourth-order valence-electron chi connectivity index (χ4n) is 3.34. The van der Waals surface area contributed by atoms with Crippen LogP contribution in [0.1, 0.15) is 5.56 Å². The van der Waals surface area contributed by atoms with Crippen molar-refractivity contribution in [2.45, 2.75) is 6.42 Å². The molecule has 0 radical (unpaired) electrons. The van der Waals surface area contributed by atoms with E-state index in [0.717, 1.165) is 48.5 Å². The molecule has 0 bridgehead atoms. The molecule has 1 amide bonds. The fourth-order valence-corrected chi connectivity index (χ4v) is 3.34. The van der Waals surface area contributed by atoms with Crippen molar-refractivity contribution in [3.63, 3.8) is 0 Å². The SMILES string of the molecule is O=C(Cc1c[nH]c2ccccc12)NCCNc1cc(N2CCOCC2)cnn1. The van der Waals surface area contributed by atoms with Crippen molar-refractivity contribution in [1.29, 1.82) is 0 Å². The second-order valence-electron chi connectivity index (χ2n) is 6.71. The Morgan fingerprint density at radius 2 is 2.07 bits per heavy atom. The minimum absolute atomic E-state index is 0.000273. The maximum atomic E-state index is 12.2. The van der Waals surface area contributed by atoms with E-state index in [-0.39, 0.29) is 5.91 Å². The summed E-state index contributed by atoms with van der Waals surface area (Å²) in [6.07, 6.45) is 4.02. The molecular formula is C20H24N6O2. The first-order valence-corrected chi connectivity index (χ1v) is 9.50. The molecule has 1 saturated heterocycles. The zero-order valence-electron chi connectivity index (χ0n) is 15.6. The number of anilines is 2. The fraction of sp³-hybridized carbons (Fsp3) is 0.350. The lowest BCUT2D eigenvalue weighted by Crippen LogP contribution is -2.36. The average Bonchev–Trinajstić information content (AvgIpc) is 3.15. The molecule has 1 fully saturated rings. The van der Waals surface area contributed by atoms with Crippen LogP contribution in [0.5, 0.6) is 0 Å². The number of carbonyl (C=O) groups is 1. The van der Waals surface area contributed by atoms with Gasteiger partial charge in [-0.25, -0.2) is 0 Å². The number of ether oxygens (including phenoxy) is 1. The predicted octanol–water partition coefficient (Wildman–Crippen LogP) is 1.57. The van der Waals surface area contributed by atoms with E-state index in [0.29, 0.717) is 25.3 Å². The minimum atomic E-state index is -0.000273. The number of hydrogen-bond donors (Lipinski definition) is 3. The Morgan fingerprint density at radius 1 is 1.21 bits per heavy atom. The van der Waals surface area contributed by atoms with Crippen LogP contribution >= 0.6 is 0 Å². The number of aromatic amines is 1. The molecule has 3 N–H and O–H groups in total. The number of para-hydroxylation sites is 1. The third-order valence-electron chi connectivity index (χ3n) is 4.80. The highest BCUT2D eigenvalue weighted by atomic mass is 16.5. The smallest absolute Gasteiger partial charge is 0.224 e. The summed E-state index contributed by atoms with van der Waals surface area (Å²) < 4.78 is 5.38. The van der Waals surface area contributed by atoms with Gasteiger partial charge in [-0.2, -0.15) is 5.10 Å².